The van der Waals surface area contributed by atoms with Crippen LogP contribution in [-0.2, 0) is 4.79 Å². The molecule has 4 heteroatoms. The molecule has 0 aromatic heterocycles. The number of nitrogens with one attached hydrogen (secondary N) is 2. The zero-order valence-electron chi connectivity index (χ0n) is 12.0. The Morgan fingerprint density at radius 3 is 2.63 bits per heavy atom. The SMILES string of the molecule is CC(C)CCN/C=C(/C#N)C(=O)NC1CCCCC1. The average Bonchev–Trinajstić information content (AvgIpc) is 2.39. The quantitative estimate of drug-likeness (QED) is 0.439. The van der Waals surface area contributed by atoms with Gasteiger partial charge in [-0.2, -0.15) is 5.26 Å². The van der Waals surface area contributed by atoms with Gasteiger partial charge in [-0.1, -0.05) is 33.1 Å². The first-order chi connectivity index (χ1) is 9.13. The summed E-state index contributed by atoms with van der Waals surface area (Å²) in [6, 6.07) is 2.21. The molecule has 19 heavy (non-hydrogen) atoms. The fraction of sp³-hybridized carbons (Fsp3) is 0.733. The van der Waals surface area contributed by atoms with Crippen LogP contribution in [-0.4, -0.2) is 18.5 Å². The lowest BCUT2D eigenvalue weighted by Gasteiger charge is -2.22. The van der Waals surface area contributed by atoms with Gasteiger partial charge in [0.1, 0.15) is 11.6 Å². The third-order valence-corrected chi connectivity index (χ3v) is 3.42. The Kier molecular flexibility index (Phi) is 7.02. The average molecular weight is 263 g/mol. The first kappa shape index (κ1) is 15.6. The maximum Gasteiger partial charge on any atom is 0.263 e. The van der Waals surface area contributed by atoms with E-state index in [-0.39, 0.29) is 17.5 Å². The van der Waals surface area contributed by atoms with Gasteiger partial charge >= 0.3 is 0 Å². The van der Waals surface area contributed by atoms with Gasteiger partial charge in [-0.25, -0.2) is 0 Å². The predicted molar refractivity (Wildman–Crippen MR) is 76.2 cm³/mol. The Balaban J connectivity index is 2.38. The Morgan fingerprint density at radius 2 is 2.05 bits per heavy atom. The predicted octanol–water partition coefficient (Wildman–Crippen LogP) is 2.48. The van der Waals surface area contributed by atoms with Crippen molar-refractivity contribution in [3.8, 4) is 6.07 Å². The Labute approximate surface area is 116 Å². The maximum absolute atomic E-state index is 11.9. The molecule has 1 aliphatic rings. The normalized spacial score (nSPS) is 17.1. The van der Waals surface area contributed by atoms with Crippen molar-refractivity contribution in [2.75, 3.05) is 6.54 Å². The van der Waals surface area contributed by atoms with Gasteiger partial charge in [-0.15, -0.1) is 0 Å². The zero-order chi connectivity index (χ0) is 14.1. The summed E-state index contributed by atoms with van der Waals surface area (Å²) in [5, 5.41) is 15.0. The molecule has 1 aliphatic carbocycles. The Morgan fingerprint density at radius 1 is 1.37 bits per heavy atom. The van der Waals surface area contributed by atoms with Crippen LogP contribution in [0.15, 0.2) is 11.8 Å². The van der Waals surface area contributed by atoms with Gasteiger partial charge in [0.25, 0.3) is 5.91 Å². The van der Waals surface area contributed by atoms with Gasteiger partial charge < -0.3 is 10.6 Å². The van der Waals surface area contributed by atoms with Crippen molar-refractivity contribution in [2.24, 2.45) is 5.92 Å². The monoisotopic (exact) mass is 263 g/mol. The van der Waals surface area contributed by atoms with Gasteiger partial charge in [0.2, 0.25) is 0 Å². The molecular weight excluding hydrogens is 238 g/mol. The van der Waals surface area contributed by atoms with Crippen LogP contribution in [0, 0.1) is 17.2 Å². The molecule has 4 nitrogen and oxygen atoms in total. The molecule has 0 unspecified atom stereocenters. The van der Waals surface area contributed by atoms with E-state index in [1.165, 1.54) is 19.3 Å². The smallest absolute Gasteiger partial charge is 0.263 e. The third kappa shape index (κ3) is 6.28. The van der Waals surface area contributed by atoms with Gasteiger partial charge in [0, 0.05) is 18.8 Å². The van der Waals surface area contributed by atoms with Crippen LogP contribution < -0.4 is 10.6 Å². The molecule has 106 valence electrons. The molecule has 0 radical (unpaired) electrons. The van der Waals surface area contributed by atoms with E-state index < -0.39 is 0 Å². The molecule has 0 aromatic carbocycles. The van der Waals surface area contributed by atoms with Crippen LogP contribution >= 0.6 is 0 Å². The van der Waals surface area contributed by atoms with E-state index in [9.17, 15) is 4.79 Å². The summed E-state index contributed by atoms with van der Waals surface area (Å²) in [7, 11) is 0. The van der Waals surface area contributed by atoms with E-state index in [1.54, 1.807) is 6.20 Å². The fourth-order valence-electron chi connectivity index (χ4n) is 2.20. The van der Waals surface area contributed by atoms with Crippen molar-refractivity contribution in [2.45, 2.75) is 58.4 Å². The summed E-state index contributed by atoms with van der Waals surface area (Å²) in [5.74, 6) is 0.369. The summed E-state index contributed by atoms with van der Waals surface area (Å²) in [5.41, 5.74) is 0.175. The number of carbonyl (C=O) groups excluding carboxylic acids is 1. The summed E-state index contributed by atoms with van der Waals surface area (Å²) in [4.78, 5) is 11.9. The van der Waals surface area contributed by atoms with E-state index in [1.807, 2.05) is 6.07 Å². The van der Waals surface area contributed by atoms with E-state index in [2.05, 4.69) is 24.5 Å². The van der Waals surface area contributed by atoms with Gasteiger partial charge in [0.05, 0.1) is 0 Å². The number of carbonyl (C=O) groups is 1. The van der Waals surface area contributed by atoms with Crippen molar-refractivity contribution in [1.29, 1.82) is 5.26 Å². The minimum absolute atomic E-state index is 0.175. The molecule has 0 saturated heterocycles. The van der Waals surface area contributed by atoms with Crippen LogP contribution in [0.4, 0.5) is 0 Å². The highest BCUT2D eigenvalue weighted by molar-refractivity contribution is 5.97. The minimum atomic E-state index is -0.244. The maximum atomic E-state index is 11.9. The summed E-state index contributed by atoms with van der Waals surface area (Å²) in [6.07, 6.45) is 8.23. The topological polar surface area (TPSA) is 64.9 Å². The first-order valence-electron chi connectivity index (χ1n) is 7.28. The molecule has 0 heterocycles. The molecule has 0 spiro atoms. The lowest BCUT2D eigenvalue weighted by Crippen LogP contribution is -2.37. The molecule has 0 aliphatic heterocycles. The highest BCUT2D eigenvalue weighted by Crippen LogP contribution is 2.17. The summed E-state index contributed by atoms with van der Waals surface area (Å²) >= 11 is 0. The minimum Gasteiger partial charge on any atom is -0.390 e. The largest absolute Gasteiger partial charge is 0.390 e. The molecule has 2 N–H and O–H groups in total. The van der Waals surface area contributed by atoms with Crippen LogP contribution in [0.3, 0.4) is 0 Å². The van der Waals surface area contributed by atoms with E-state index in [4.69, 9.17) is 5.26 Å². The molecule has 0 bridgehead atoms. The van der Waals surface area contributed by atoms with Gasteiger partial charge in [0.15, 0.2) is 0 Å². The van der Waals surface area contributed by atoms with Crippen LogP contribution in [0.25, 0.3) is 0 Å². The highest BCUT2D eigenvalue weighted by Gasteiger charge is 2.17. The molecule has 1 amide bonds. The van der Waals surface area contributed by atoms with Crippen LogP contribution in [0.2, 0.25) is 0 Å². The van der Waals surface area contributed by atoms with Crippen molar-refractivity contribution >= 4 is 5.91 Å². The highest BCUT2D eigenvalue weighted by atomic mass is 16.1. The summed E-state index contributed by atoms with van der Waals surface area (Å²) < 4.78 is 0. The van der Waals surface area contributed by atoms with Crippen LogP contribution in [0.5, 0.6) is 0 Å². The van der Waals surface area contributed by atoms with E-state index in [0.717, 1.165) is 25.8 Å². The second-order valence-corrected chi connectivity index (χ2v) is 5.61. The Bertz CT molecular complexity index is 349. The van der Waals surface area contributed by atoms with E-state index >= 15 is 0 Å². The van der Waals surface area contributed by atoms with Crippen molar-refractivity contribution < 1.29 is 4.79 Å². The van der Waals surface area contributed by atoms with Gasteiger partial charge in [-0.05, 0) is 25.2 Å². The fourth-order valence-corrected chi connectivity index (χ4v) is 2.20. The first-order valence-corrected chi connectivity index (χ1v) is 7.28. The second-order valence-electron chi connectivity index (χ2n) is 5.61. The molecule has 0 aromatic rings. The summed E-state index contributed by atoms with van der Waals surface area (Å²) in [6.45, 7) is 5.08. The lowest BCUT2D eigenvalue weighted by atomic mass is 9.95. The molecule has 1 fully saturated rings. The second kappa shape index (κ2) is 8.58. The third-order valence-electron chi connectivity index (χ3n) is 3.42. The van der Waals surface area contributed by atoms with Gasteiger partial charge in [-0.3, -0.25) is 4.79 Å². The number of hydrogen-bond acceptors (Lipinski definition) is 3. The van der Waals surface area contributed by atoms with Crippen LogP contribution in [0.1, 0.15) is 52.4 Å². The molecule has 0 atom stereocenters. The number of nitrogens with zero attached hydrogens (tertiary/aromatic N) is 1. The number of hydrogen-bond donors (Lipinski definition) is 2. The van der Waals surface area contributed by atoms with E-state index in [0.29, 0.717) is 5.92 Å². The lowest BCUT2D eigenvalue weighted by molar-refractivity contribution is -0.118. The molecular formula is C15H25N3O. The van der Waals surface area contributed by atoms with Crippen molar-refractivity contribution in [3.05, 3.63) is 11.8 Å². The molecule has 1 rings (SSSR count). The molecule has 1 saturated carbocycles. The van der Waals surface area contributed by atoms with Crippen molar-refractivity contribution in [1.82, 2.24) is 10.6 Å². The zero-order valence-corrected chi connectivity index (χ0v) is 12.0. The number of nitriles is 1. The number of amides is 1. The Hall–Kier alpha value is -1.50. The van der Waals surface area contributed by atoms with Crippen molar-refractivity contribution in [3.63, 3.8) is 0 Å². The standard InChI is InChI=1S/C15H25N3O/c1-12(2)8-9-17-11-13(10-16)15(19)18-14-6-4-3-5-7-14/h11-12,14,17H,3-9H2,1-2H3,(H,18,19)/b13-11-. The number of rotatable bonds is 6.